The molecular formula is C18H28N2O. The van der Waals surface area contributed by atoms with E-state index in [1.54, 1.807) is 0 Å². The molecule has 0 aliphatic carbocycles. The molecule has 1 aromatic rings. The smallest absolute Gasteiger partial charge is 0.223 e. The minimum Gasteiger partial charge on any atom is -0.371 e. The predicted molar refractivity (Wildman–Crippen MR) is 88.8 cm³/mol. The van der Waals surface area contributed by atoms with Crippen molar-refractivity contribution >= 4 is 11.6 Å². The van der Waals surface area contributed by atoms with Crippen LogP contribution in [-0.2, 0) is 4.79 Å². The van der Waals surface area contributed by atoms with Crippen LogP contribution in [0.3, 0.4) is 0 Å². The van der Waals surface area contributed by atoms with E-state index in [4.69, 9.17) is 0 Å². The highest BCUT2D eigenvalue weighted by molar-refractivity contribution is 5.78. The lowest BCUT2D eigenvalue weighted by Crippen LogP contribution is -2.35. The molecule has 2 rings (SSSR count). The molecule has 3 heteroatoms. The van der Waals surface area contributed by atoms with Crippen LogP contribution in [0.25, 0.3) is 0 Å². The highest BCUT2D eigenvalue weighted by Gasteiger charge is 2.35. The topological polar surface area (TPSA) is 23.6 Å². The summed E-state index contributed by atoms with van der Waals surface area (Å²) < 4.78 is 0. The Morgan fingerprint density at radius 3 is 2.43 bits per heavy atom. The number of para-hydroxylation sites is 1. The summed E-state index contributed by atoms with van der Waals surface area (Å²) in [5.41, 5.74) is 2.61. The Bertz CT molecular complexity index is 480. The number of nitrogens with zero attached hydrogens (tertiary/aromatic N) is 2. The quantitative estimate of drug-likeness (QED) is 0.798. The molecule has 0 aromatic heterocycles. The zero-order valence-electron chi connectivity index (χ0n) is 13.8. The zero-order valence-corrected chi connectivity index (χ0v) is 13.8. The molecule has 1 heterocycles. The molecule has 0 radical (unpaired) electrons. The van der Waals surface area contributed by atoms with Crippen LogP contribution in [0.5, 0.6) is 0 Å². The fourth-order valence-electron chi connectivity index (χ4n) is 3.37. The Hall–Kier alpha value is -1.51. The molecule has 1 amide bonds. The fourth-order valence-corrected chi connectivity index (χ4v) is 3.37. The van der Waals surface area contributed by atoms with Crippen LogP contribution in [0.4, 0.5) is 5.69 Å². The maximum absolute atomic E-state index is 12.6. The summed E-state index contributed by atoms with van der Waals surface area (Å²) >= 11 is 0. The lowest BCUT2D eigenvalue weighted by atomic mass is 9.92. The van der Waals surface area contributed by atoms with Gasteiger partial charge in [-0.25, -0.2) is 0 Å². The Labute approximate surface area is 128 Å². The van der Waals surface area contributed by atoms with E-state index in [2.05, 4.69) is 57.0 Å². The van der Waals surface area contributed by atoms with Crippen LogP contribution in [0.2, 0.25) is 0 Å². The van der Waals surface area contributed by atoms with Crippen LogP contribution < -0.4 is 4.90 Å². The Kier molecular flexibility index (Phi) is 5.27. The van der Waals surface area contributed by atoms with Crippen molar-refractivity contribution in [1.29, 1.82) is 0 Å². The zero-order chi connectivity index (χ0) is 15.4. The maximum atomic E-state index is 12.6. The maximum Gasteiger partial charge on any atom is 0.223 e. The van der Waals surface area contributed by atoms with Crippen molar-refractivity contribution < 1.29 is 4.79 Å². The van der Waals surface area contributed by atoms with Gasteiger partial charge < -0.3 is 9.80 Å². The van der Waals surface area contributed by atoms with Gasteiger partial charge in [-0.15, -0.1) is 0 Å². The van der Waals surface area contributed by atoms with E-state index < -0.39 is 0 Å². The van der Waals surface area contributed by atoms with Gasteiger partial charge in [-0.05, 0) is 31.4 Å². The van der Waals surface area contributed by atoms with Gasteiger partial charge in [0.2, 0.25) is 5.91 Å². The van der Waals surface area contributed by atoms with Gasteiger partial charge in [0.1, 0.15) is 0 Å². The molecule has 0 fully saturated rings. The molecule has 0 saturated carbocycles. The molecule has 3 nitrogen and oxygen atoms in total. The molecule has 21 heavy (non-hydrogen) atoms. The average molecular weight is 288 g/mol. The number of anilines is 1. The first kappa shape index (κ1) is 15.9. The molecule has 2 atom stereocenters. The van der Waals surface area contributed by atoms with Crippen LogP contribution in [0, 0.1) is 0 Å². The summed E-state index contributed by atoms with van der Waals surface area (Å²) in [6.07, 6.45) is 2.69. The standard InChI is InChI=1S/C18H28N2O/c1-5-11-20(12-6-2)18(21)13-16-14(3)19(4)17-10-8-7-9-15(16)17/h7-10,14,16H,5-6,11-13H2,1-4H3. The number of rotatable bonds is 6. The lowest BCUT2D eigenvalue weighted by Gasteiger charge is -2.26. The van der Waals surface area contributed by atoms with Crippen molar-refractivity contribution in [3.05, 3.63) is 29.8 Å². The lowest BCUT2D eigenvalue weighted by molar-refractivity contribution is -0.131. The van der Waals surface area contributed by atoms with E-state index in [0.29, 0.717) is 24.3 Å². The molecule has 1 aliphatic rings. The number of likely N-dealkylation sites (N-methyl/N-ethyl adjacent to an activating group) is 1. The van der Waals surface area contributed by atoms with Gasteiger partial charge in [-0.3, -0.25) is 4.79 Å². The van der Waals surface area contributed by atoms with Crippen molar-refractivity contribution in [2.24, 2.45) is 0 Å². The van der Waals surface area contributed by atoms with Crippen LogP contribution in [0.15, 0.2) is 24.3 Å². The third-order valence-corrected chi connectivity index (χ3v) is 4.64. The number of carbonyl (C=O) groups is 1. The van der Waals surface area contributed by atoms with Crippen molar-refractivity contribution in [1.82, 2.24) is 4.90 Å². The van der Waals surface area contributed by atoms with Crippen molar-refractivity contribution in [2.75, 3.05) is 25.0 Å². The summed E-state index contributed by atoms with van der Waals surface area (Å²) in [5, 5.41) is 0. The Balaban J connectivity index is 2.13. The first-order chi connectivity index (χ1) is 10.1. The van der Waals surface area contributed by atoms with Crippen molar-refractivity contribution in [3.63, 3.8) is 0 Å². The van der Waals surface area contributed by atoms with Crippen LogP contribution >= 0.6 is 0 Å². The minimum atomic E-state index is 0.306. The monoisotopic (exact) mass is 288 g/mol. The number of hydrogen-bond donors (Lipinski definition) is 0. The SMILES string of the molecule is CCCN(CCC)C(=O)CC1c2ccccc2N(C)C1C. The minimum absolute atomic E-state index is 0.306. The number of fused-ring (bicyclic) bond motifs is 1. The van der Waals surface area contributed by atoms with Gasteiger partial charge in [0, 0.05) is 44.2 Å². The Morgan fingerprint density at radius 2 is 1.81 bits per heavy atom. The van der Waals surface area contributed by atoms with E-state index >= 15 is 0 Å². The highest BCUT2D eigenvalue weighted by atomic mass is 16.2. The molecular weight excluding hydrogens is 260 g/mol. The largest absolute Gasteiger partial charge is 0.371 e. The van der Waals surface area contributed by atoms with E-state index in [-0.39, 0.29) is 0 Å². The summed E-state index contributed by atoms with van der Waals surface area (Å²) in [7, 11) is 2.13. The summed E-state index contributed by atoms with van der Waals surface area (Å²) in [4.78, 5) is 17.0. The van der Waals surface area contributed by atoms with Crippen LogP contribution in [0.1, 0.15) is 51.5 Å². The number of benzene rings is 1. The second-order valence-corrected chi connectivity index (χ2v) is 6.10. The number of carbonyl (C=O) groups excluding carboxylic acids is 1. The van der Waals surface area contributed by atoms with Crippen molar-refractivity contribution in [2.45, 2.75) is 52.0 Å². The number of amides is 1. The molecule has 0 saturated heterocycles. The first-order valence-corrected chi connectivity index (χ1v) is 8.19. The summed E-state index contributed by atoms with van der Waals surface area (Å²) in [6.45, 7) is 8.26. The molecule has 0 spiro atoms. The number of hydrogen-bond acceptors (Lipinski definition) is 2. The van der Waals surface area contributed by atoms with E-state index in [0.717, 1.165) is 25.9 Å². The third kappa shape index (κ3) is 3.22. The van der Waals surface area contributed by atoms with E-state index in [9.17, 15) is 4.79 Å². The predicted octanol–water partition coefficient (Wildman–Crippen LogP) is 3.65. The molecule has 2 unspecified atom stereocenters. The van der Waals surface area contributed by atoms with Gasteiger partial charge in [-0.2, -0.15) is 0 Å². The molecule has 116 valence electrons. The third-order valence-electron chi connectivity index (χ3n) is 4.64. The summed E-state index contributed by atoms with van der Waals surface area (Å²) in [6, 6.07) is 8.88. The van der Waals surface area contributed by atoms with Gasteiger partial charge in [0.05, 0.1) is 0 Å². The van der Waals surface area contributed by atoms with Gasteiger partial charge in [-0.1, -0.05) is 32.0 Å². The average Bonchev–Trinajstić information content (AvgIpc) is 2.72. The Morgan fingerprint density at radius 1 is 1.19 bits per heavy atom. The fraction of sp³-hybridized carbons (Fsp3) is 0.611. The second kappa shape index (κ2) is 6.97. The molecule has 0 N–H and O–H groups in total. The molecule has 1 aromatic carbocycles. The van der Waals surface area contributed by atoms with E-state index in [1.165, 1.54) is 11.3 Å². The summed E-state index contributed by atoms with van der Waals surface area (Å²) in [5.74, 6) is 0.621. The van der Waals surface area contributed by atoms with Crippen LogP contribution in [-0.4, -0.2) is 37.0 Å². The van der Waals surface area contributed by atoms with Gasteiger partial charge >= 0.3 is 0 Å². The molecule has 1 aliphatic heterocycles. The van der Waals surface area contributed by atoms with E-state index in [1.807, 2.05) is 4.90 Å². The van der Waals surface area contributed by atoms with Crippen molar-refractivity contribution in [3.8, 4) is 0 Å². The van der Waals surface area contributed by atoms with Gasteiger partial charge in [0.25, 0.3) is 0 Å². The molecule has 0 bridgehead atoms. The van der Waals surface area contributed by atoms with Gasteiger partial charge in [0.15, 0.2) is 0 Å². The highest BCUT2D eigenvalue weighted by Crippen LogP contribution is 2.41. The normalized spacial score (nSPS) is 20.5. The second-order valence-electron chi connectivity index (χ2n) is 6.10. The first-order valence-electron chi connectivity index (χ1n) is 8.19.